The lowest BCUT2D eigenvalue weighted by Crippen LogP contribution is -1.99. The van der Waals surface area contributed by atoms with Crippen LogP contribution in [-0.2, 0) is 6.42 Å². The van der Waals surface area contributed by atoms with E-state index in [9.17, 15) is 19.3 Å². The van der Waals surface area contributed by atoms with Crippen LogP contribution in [0.15, 0.2) is 10.5 Å². The van der Waals surface area contributed by atoms with Gasteiger partial charge in [0, 0.05) is 18.1 Å². The van der Waals surface area contributed by atoms with Crippen molar-refractivity contribution >= 4 is 27.4 Å². The van der Waals surface area contributed by atoms with Gasteiger partial charge in [-0.05, 0) is 27.9 Å². The first-order valence-corrected chi connectivity index (χ1v) is 5.00. The van der Waals surface area contributed by atoms with Crippen LogP contribution in [0.4, 0.5) is 10.1 Å². The molecule has 1 aliphatic rings. The molecule has 6 heteroatoms. The average molecular weight is 274 g/mol. The Labute approximate surface area is 92.4 Å². The second-order valence-electron chi connectivity index (χ2n) is 3.23. The molecule has 0 heterocycles. The van der Waals surface area contributed by atoms with E-state index in [-0.39, 0.29) is 22.2 Å². The van der Waals surface area contributed by atoms with Gasteiger partial charge in [-0.1, -0.05) is 0 Å². The predicted octanol–water partition coefficient (Wildman–Crippen LogP) is 2.63. The van der Waals surface area contributed by atoms with Gasteiger partial charge in [0.25, 0.3) is 0 Å². The Balaban J connectivity index is 2.74. The van der Waals surface area contributed by atoms with Crippen LogP contribution in [0.25, 0.3) is 0 Å². The molecular formula is C9H5BrFNO3. The molecule has 0 saturated heterocycles. The van der Waals surface area contributed by atoms with Gasteiger partial charge in [-0.2, -0.15) is 4.39 Å². The summed E-state index contributed by atoms with van der Waals surface area (Å²) in [5.41, 5.74) is 0.133. The molecular weight excluding hydrogens is 269 g/mol. The van der Waals surface area contributed by atoms with Gasteiger partial charge in [-0.3, -0.25) is 14.9 Å². The smallest absolute Gasteiger partial charge is 0.294 e. The third-order valence-electron chi connectivity index (χ3n) is 2.39. The number of ketones is 1. The van der Waals surface area contributed by atoms with Crippen LogP contribution >= 0.6 is 15.9 Å². The number of benzene rings is 1. The molecule has 0 fully saturated rings. The summed E-state index contributed by atoms with van der Waals surface area (Å²) in [6, 6.07) is 1.02. The van der Waals surface area contributed by atoms with E-state index < -0.39 is 16.4 Å². The summed E-state index contributed by atoms with van der Waals surface area (Å²) in [5, 5.41) is 10.5. The fourth-order valence-corrected chi connectivity index (χ4v) is 2.26. The minimum atomic E-state index is -0.909. The van der Waals surface area contributed by atoms with Gasteiger partial charge < -0.3 is 0 Å². The first-order chi connectivity index (χ1) is 7.02. The predicted molar refractivity (Wildman–Crippen MR) is 53.4 cm³/mol. The fraction of sp³-hybridized carbons (Fsp3) is 0.222. The number of halogens is 2. The molecule has 0 saturated carbocycles. The Bertz CT molecular complexity index is 486. The summed E-state index contributed by atoms with van der Waals surface area (Å²) in [5.74, 6) is -1.08. The Hall–Kier alpha value is -1.30. The SMILES string of the molecule is O=C1CCc2c1cc([N+](=O)[O-])c(F)c2Br. The highest BCUT2D eigenvalue weighted by atomic mass is 79.9. The van der Waals surface area contributed by atoms with Crippen molar-refractivity contribution in [1.82, 2.24) is 0 Å². The van der Waals surface area contributed by atoms with Crippen molar-refractivity contribution in [2.45, 2.75) is 12.8 Å². The second-order valence-corrected chi connectivity index (χ2v) is 4.02. The number of nitro groups is 1. The fourth-order valence-electron chi connectivity index (χ4n) is 1.65. The van der Waals surface area contributed by atoms with Crippen LogP contribution in [0.3, 0.4) is 0 Å². The lowest BCUT2D eigenvalue weighted by atomic mass is 10.1. The third kappa shape index (κ3) is 1.45. The zero-order chi connectivity index (χ0) is 11.2. The van der Waals surface area contributed by atoms with E-state index in [4.69, 9.17) is 0 Å². The lowest BCUT2D eigenvalue weighted by molar-refractivity contribution is -0.387. The summed E-state index contributed by atoms with van der Waals surface area (Å²) in [7, 11) is 0. The molecule has 0 atom stereocenters. The van der Waals surface area contributed by atoms with Gasteiger partial charge in [-0.15, -0.1) is 0 Å². The van der Waals surface area contributed by atoms with Gasteiger partial charge >= 0.3 is 5.69 Å². The van der Waals surface area contributed by atoms with Gasteiger partial charge in [0.1, 0.15) is 0 Å². The van der Waals surface area contributed by atoms with Crippen LogP contribution in [0.5, 0.6) is 0 Å². The zero-order valence-electron chi connectivity index (χ0n) is 7.42. The Morgan fingerprint density at radius 3 is 2.73 bits per heavy atom. The minimum absolute atomic E-state index is 0.0394. The zero-order valence-corrected chi connectivity index (χ0v) is 9.01. The molecule has 0 bridgehead atoms. The number of hydrogen-bond donors (Lipinski definition) is 0. The van der Waals surface area contributed by atoms with Crippen molar-refractivity contribution in [1.29, 1.82) is 0 Å². The van der Waals surface area contributed by atoms with Crippen molar-refractivity contribution in [3.05, 3.63) is 37.6 Å². The van der Waals surface area contributed by atoms with Crippen LogP contribution in [-0.4, -0.2) is 10.7 Å². The molecule has 0 N–H and O–H groups in total. The van der Waals surface area contributed by atoms with Crippen LogP contribution in [0.1, 0.15) is 22.3 Å². The Morgan fingerprint density at radius 1 is 1.47 bits per heavy atom. The number of nitro benzene ring substituents is 1. The monoisotopic (exact) mass is 273 g/mol. The highest BCUT2D eigenvalue weighted by molar-refractivity contribution is 9.10. The Morgan fingerprint density at radius 2 is 2.13 bits per heavy atom. The van der Waals surface area contributed by atoms with E-state index in [0.29, 0.717) is 12.0 Å². The van der Waals surface area contributed by atoms with Gasteiger partial charge in [-0.25, -0.2) is 0 Å². The summed E-state index contributed by atoms with van der Waals surface area (Å²) >= 11 is 2.95. The third-order valence-corrected chi connectivity index (χ3v) is 3.21. The van der Waals surface area contributed by atoms with E-state index >= 15 is 0 Å². The van der Waals surface area contributed by atoms with Crippen LogP contribution in [0.2, 0.25) is 0 Å². The normalized spacial score (nSPS) is 14.1. The average Bonchev–Trinajstić information content (AvgIpc) is 2.53. The second kappa shape index (κ2) is 3.37. The largest absolute Gasteiger partial charge is 0.306 e. The molecule has 1 aliphatic carbocycles. The maximum absolute atomic E-state index is 13.4. The maximum Gasteiger partial charge on any atom is 0.306 e. The van der Waals surface area contributed by atoms with Gasteiger partial charge in [0.15, 0.2) is 5.78 Å². The topological polar surface area (TPSA) is 60.2 Å². The van der Waals surface area contributed by atoms with E-state index in [1.807, 2.05) is 0 Å². The standard InChI is InChI=1S/C9H5BrFNO3/c10-8-4-1-2-7(13)5(4)3-6(9(8)11)12(14)15/h3H,1-2H2. The molecule has 0 aromatic heterocycles. The molecule has 1 aromatic carbocycles. The number of fused-ring (bicyclic) bond motifs is 1. The molecule has 0 spiro atoms. The number of nitrogens with zero attached hydrogens (tertiary/aromatic N) is 1. The molecule has 0 radical (unpaired) electrons. The Kier molecular flexibility index (Phi) is 2.30. The summed E-state index contributed by atoms with van der Waals surface area (Å²) in [6.07, 6.45) is 0.720. The summed E-state index contributed by atoms with van der Waals surface area (Å²) < 4.78 is 13.5. The van der Waals surface area contributed by atoms with Gasteiger partial charge in [0.05, 0.1) is 9.40 Å². The van der Waals surface area contributed by atoms with Crippen LogP contribution in [0, 0.1) is 15.9 Å². The number of carbonyl (C=O) groups excluding carboxylic acids is 1. The molecule has 15 heavy (non-hydrogen) atoms. The van der Waals surface area contributed by atoms with Gasteiger partial charge in [0.2, 0.25) is 5.82 Å². The molecule has 0 aliphatic heterocycles. The van der Waals surface area contributed by atoms with Crippen molar-refractivity contribution in [3.63, 3.8) is 0 Å². The summed E-state index contributed by atoms with van der Waals surface area (Å²) in [4.78, 5) is 21.0. The molecule has 78 valence electrons. The lowest BCUT2D eigenvalue weighted by Gasteiger charge is -2.03. The van der Waals surface area contributed by atoms with Crippen molar-refractivity contribution in [3.8, 4) is 0 Å². The summed E-state index contributed by atoms with van der Waals surface area (Å²) in [6.45, 7) is 0. The number of Topliss-reactive ketones (excluding diaryl/α,β-unsaturated/α-hetero) is 1. The molecule has 0 unspecified atom stereocenters. The highest BCUT2D eigenvalue weighted by Crippen LogP contribution is 2.36. The first kappa shape index (κ1) is 10.2. The molecule has 4 nitrogen and oxygen atoms in total. The molecule has 1 aromatic rings. The van der Waals surface area contributed by atoms with E-state index in [0.717, 1.165) is 6.07 Å². The van der Waals surface area contributed by atoms with Crippen molar-refractivity contribution in [2.24, 2.45) is 0 Å². The maximum atomic E-state index is 13.4. The van der Waals surface area contributed by atoms with Crippen LogP contribution < -0.4 is 0 Å². The first-order valence-electron chi connectivity index (χ1n) is 4.21. The van der Waals surface area contributed by atoms with Crippen molar-refractivity contribution < 1.29 is 14.1 Å². The number of rotatable bonds is 1. The van der Waals surface area contributed by atoms with E-state index in [1.165, 1.54) is 0 Å². The quantitative estimate of drug-likeness (QED) is 0.584. The van der Waals surface area contributed by atoms with Crippen molar-refractivity contribution in [2.75, 3.05) is 0 Å². The molecule has 2 rings (SSSR count). The highest BCUT2D eigenvalue weighted by Gasteiger charge is 2.29. The molecule has 0 amide bonds. The minimum Gasteiger partial charge on any atom is -0.294 e. The van der Waals surface area contributed by atoms with E-state index in [1.54, 1.807) is 0 Å². The number of carbonyl (C=O) groups is 1. The number of hydrogen-bond acceptors (Lipinski definition) is 3. The van der Waals surface area contributed by atoms with E-state index in [2.05, 4.69) is 15.9 Å².